The Balaban J connectivity index is 2.26. The molecule has 0 aromatic heterocycles. The highest BCUT2D eigenvalue weighted by atomic mass is 32.2. The van der Waals surface area contributed by atoms with E-state index < -0.39 is 22.8 Å². The van der Waals surface area contributed by atoms with Crippen LogP contribution in [0.4, 0.5) is 13.2 Å². The maximum absolute atomic E-state index is 11.9. The van der Waals surface area contributed by atoms with Crippen molar-refractivity contribution in [3.63, 3.8) is 0 Å². The van der Waals surface area contributed by atoms with Crippen LogP contribution in [0.25, 0.3) is 0 Å². The SMILES string of the molecule is CS(=O)(=O)N1CCCC(CC(N)CCOCC(F)(F)F)C1. The van der Waals surface area contributed by atoms with Gasteiger partial charge in [0.2, 0.25) is 10.0 Å². The molecule has 1 fully saturated rings. The summed E-state index contributed by atoms with van der Waals surface area (Å²) in [5, 5.41) is 0. The fourth-order valence-corrected chi connectivity index (χ4v) is 3.43. The van der Waals surface area contributed by atoms with Crippen LogP contribution in [0.2, 0.25) is 0 Å². The highest BCUT2D eigenvalue weighted by Gasteiger charge is 2.28. The van der Waals surface area contributed by atoms with E-state index in [1.165, 1.54) is 10.6 Å². The normalized spacial score (nSPS) is 23.2. The zero-order chi connectivity index (χ0) is 16.1. The lowest BCUT2D eigenvalue weighted by molar-refractivity contribution is -0.174. The number of sulfonamides is 1. The van der Waals surface area contributed by atoms with Gasteiger partial charge in [-0.1, -0.05) is 0 Å². The van der Waals surface area contributed by atoms with E-state index in [0.717, 1.165) is 12.8 Å². The first kappa shape index (κ1) is 18.7. The zero-order valence-electron chi connectivity index (χ0n) is 12.1. The molecule has 0 aromatic rings. The molecule has 9 heteroatoms. The lowest BCUT2D eigenvalue weighted by atomic mass is 9.92. The number of nitrogens with two attached hydrogens (primary N) is 1. The third kappa shape index (κ3) is 7.98. The van der Waals surface area contributed by atoms with E-state index in [0.29, 0.717) is 25.9 Å². The van der Waals surface area contributed by atoms with Gasteiger partial charge in [0.1, 0.15) is 6.61 Å². The largest absolute Gasteiger partial charge is 0.411 e. The Bertz CT molecular complexity index is 414. The molecule has 2 atom stereocenters. The number of hydrogen-bond acceptors (Lipinski definition) is 4. The summed E-state index contributed by atoms with van der Waals surface area (Å²) in [6.07, 6.45) is -0.519. The minimum atomic E-state index is -4.32. The van der Waals surface area contributed by atoms with Crippen molar-refractivity contribution < 1.29 is 26.3 Å². The summed E-state index contributed by atoms with van der Waals surface area (Å²) in [4.78, 5) is 0. The molecule has 1 rings (SSSR count). The Morgan fingerprint density at radius 2 is 2.10 bits per heavy atom. The first-order valence-corrected chi connectivity index (χ1v) is 8.78. The molecule has 21 heavy (non-hydrogen) atoms. The fourth-order valence-electron chi connectivity index (χ4n) is 2.49. The summed E-state index contributed by atoms with van der Waals surface area (Å²) in [6, 6.07) is -0.275. The van der Waals surface area contributed by atoms with Gasteiger partial charge in [-0.25, -0.2) is 12.7 Å². The first-order valence-electron chi connectivity index (χ1n) is 6.93. The molecule has 1 saturated heterocycles. The zero-order valence-corrected chi connectivity index (χ0v) is 12.9. The van der Waals surface area contributed by atoms with Crippen LogP contribution in [0.3, 0.4) is 0 Å². The summed E-state index contributed by atoms with van der Waals surface area (Å²) in [7, 11) is -3.19. The third-order valence-corrected chi connectivity index (χ3v) is 4.76. The third-order valence-electron chi connectivity index (χ3n) is 3.49. The summed E-state index contributed by atoms with van der Waals surface area (Å²) in [6.45, 7) is -0.330. The molecule has 0 bridgehead atoms. The second kappa shape index (κ2) is 7.75. The molecule has 0 saturated carbocycles. The number of hydrogen-bond donors (Lipinski definition) is 1. The van der Waals surface area contributed by atoms with Gasteiger partial charge in [-0.05, 0) is 31.6 Å². The summed E-state index contributed by atoms with van der Waals surface area (Å²) in [5.74, 6) is 0.158. The average Bonchev–Trinajstić information content (AvgIpc) is 2.33. The molecule has 0 radical (unpaired) electrons. The van der Waals surface area contributed by atoms with Crippen LogP contribution in [0.5, 0.6) is 0 Å². The molecule has 1 aliphatic heterocycles. The molecule has 1 heterocycles. The van der Waals surface area contributed by atoms with Crippen LogP contribution in [0.15, 0.2) is 0 Å². The Morgan fingerprint density at radius 3 is 2.67 bits per heavy atom. The highest BCUT2D eigenvalue weighted by Crippen LogP contribution is 2.23. The van der Waals surface area contributed by atoms with Crippen molar-refractivity contribution >= 4 is 10.0 Å². The van der Waals surface area contributed by atoms with Gasteiger partial charge in [0.25, 0.3) is 0 Å². The number of piperidine rings is 1. The summed E-state index contributed by atoms with van der Waals surface area (Å²) in [5.41, 5.74) is 5.88. The van der Waals surface area contributed by atoms with Crippen LogP contribution in [-0.2, 0) is 14.8 Å². The fraction of sp³-hybridized carbons (Fsp3) is 1.00. The van der Waals surface area contributed by atoms with Gasteiger partial charge in [-0.3, -0.25) is 0 Å². The predicted molar refractivity (Wildman–Crippen MR) is 73.2 cm³/mol. The maximum atomic E-state index is 11.9. The molecule has 1 aliphatic rings. The Hall–Kier alpha value is -0.380. The molecular formula is C12H23F3N2O3S. The van der Waals surface area contributed by atoms with E-state index >= 15 is 0 Å². The van der Waals surface area contributed by atoms with Crippen molar-refractivity contribution in [3.8, 4) is 0 Å². The maximum Gasteiger partial charge on any atom is 0.411 e. The van der Waals surface area contributed by atoms with Crippen molar-refractivity contribution in [3.05, 3.63) is 0 Å². The average molecular weight is 332 g/mol. The quantitative estimate of drug-likeness (QED) is 0.714. The Kier molecular flexibility index (Phi) is 6.89. The molecule has 0 spiro atoms. The Morgan fingerprint density at radius 1 is 1.43 bits per heavy atom. The molecule has 5 nitrogen and oxygen atoms in total. The van der Waals surface area contributed by atoms with Gasteiger partial charge < -0.3 is 10.5 Å². The molecule has 0 aromatic carbocycles. The monoisotopic (exact) mass is 332 g/mol. The Labute approximate surface area is 123 Å². The van der Waals surface area contributed by atoms with E-state index in [-0.39, 0.29) is 18.6 Å². The number of ether oxygens (including phenoxy) is 1. The first-order chi connectivity index (χ1) is 9.58. The lowest BCUT2D eigenvalue weighted by Crippen LogP contribution is -2.41. The van der Waals surface area contributed by atoms with Gasteiger partial charge >= 0.3 is 6.18 Å². The summed E-state index contributed by atoms with van der Waals surface area (Å²) < 4.78 is 64.6. The van der Waals surface area contributed by atoms with Crippen LogP contribution < -0.4 is 5.73 Å². The van der Waals surface area contributed by atoms with Gasteiger partial charge in [0, 0.05) is 25.7 Å². The lowest BCUT2D eigenvalue weighted by Gasteiger charge is -2.32. The van der Waals surface area contributed by atoms with Gasteiger partial charge in [0.15, 0.2) is 0 Å². The van der Waals surface area contributed by atoms with Crippen molar-refractivity contribution in [1.29, 1.82) is 0 Å². The van der Waals surface area contributed by atoms with Crippen molar-refractivity contribution in [2.45, 2.75) is 37.9 Å². The highest BCUT2D eigenvalue weighted by molar-refractivity contribution is 7.88. The van der Waals surface area contributed by atoms with Gasteiger partial charge in [0.05, 0.1) is 6.26 Å². The van der Waals surface area contributed by atoms with E-state index in [1.54, 1.807) is 0 Å². The molecule has 2 N–H and O–H groups in total. The number of halogens is 3. The van der Waals surface area contributed by atoms with Crippen molar-refractivity contribution in [2.75, 3.05) is 32.6 Å². The van der Waals surface area contributed by atoms with Gasteiger partial charge in [-0.15, -0.1) is 0 Å². The van der Waals surface area contributed by atoms with E-state index in [9.17, 15) is 21.6 Å². The van der Waals surface area contributed by atoms with Crippen LogP contribution in [0.1, 0.15) is 25.7 Å². The molecule has 126 valence electrons. The molecule has 0 aliphatic carbocycles. The standard InChI is InChI=1S/C12H23F3N2O3S/c1-21(18,19)17-5-2-3-10(8-17)7-11(16)4-6-20-9-12(13,14)15/h10-11H,2-9,16H2,1H3. The summed E-state index contributed by atoms with van der Waals surface area (Å²) >= 11 is 0. The number of alkyl halides is 3. The van der Waals surface area contributed by atoms with Crippen LogP contribution in [0, 0.1) is 5.92 Å². The smallest absolute Gasteiger partial charge is 0.372 e. The van der Waals surface area contributed by atoms with Crippen LogP contribution in [-0.4, -0.2) is 57.5 Å². The minimum absolute atomic E-state index is 0.0385. The molecule has 2 unspecified atom stereocenters. The number of rotatable bonds is 7. The second-order valence-electron chi connectivity index (χ2n) is 5.58. The van der Waals surface area contributed by atoms with E-state index in [2.05, 4.69) is 4.74 Å². The van der Waals surface area contributed by atoms with Gasteiger partial charge in [-0.2, -0.15) is 13.2 Å². The minimum Gasteiger partial charge on any atom is -0.372 e. The second-order valence-corrected chi connectivity index (χ2v) is 7.56. The molecular weight excluding hydrogens is 309 g/mol. The van der Waals surface area contributed by atoms with Crippen molar-refractivity contribution in [2.24, 2.45) is 11.7 Å². The molecule has 0 amide bonds. The number of nitrogens with zero attached hydrogens (tertiary/aromatic N) is 1. The predicted octanol–water partition coefficient (Wildman–Crippen LogP) is 1.34. The van der Waals surface area contributed by atoms with E-state index in [1.807, 2.05) is 0 Å². The van der Waals surface area contributed by atoms with Crippen LogP contribution >= 0.6 is 0 Å². The van der Waals surface area contributed by atoms with E-state index in [4.69, 9.17) is 5.73 Å². The van der Waals surface area contributed by atoms with Crippen molar-refractivity contribution in [1.82, 2.24) is 4.31 Å². The topological polar surface area (TPSA) is 72.6 Å².